The first kappa shape index (κ1) is 15.9. The zero-order valence-electron chi connectivity index (χ0n) is 12.0. The van der Waals surface area contributed by atoms with E-state index in [0.29, 0.717) is 6.54 Å². The molecule has 2 atom stereocenters. The molecule has 0 aliphatic carbocycles. The summed E-state index contributed by atoms with van der Waals surface area (Å²) in [5, 5.41) is 11.8. The average Bonchev–Trinajstić information content (AvgIpc) is 2.50. The Balaban J connectivity index is 1.97. The Kier molecular flexibility index (Phi) is 5.25. The van der Waals surface area contributed by atoms with Gasteiger partial charge >= 0.3 is 0 Å². The van der Waals surface area contributed by atoms with Crippen LogP contribution < -0.4 is 5.32 Å². The molecule has 1 amide bonds. The number of aliphatic hydroxyl groups excluding tert-OH is 1. The van der Waals surface area contributed by atoms with Crippen LogP contribution in [0.3, 0.4) is 0 Å². The molecule has 1 aromatic carbocycles. The number of halogens is 2. The number of carbonyl (C=O) groups is 1. The molecule has 0 bridgehead atoms. The van der Waals surface area contributed by atoms with Crippen molar-refractivity contribution in [3.05, 3.63) is 29.8 Å². The van der Waals surface area contributed by atoms with Gasteiger partial charge in [0.1, 0.15) is 0 Å². The van der Waals surface area contributed by atoms with Gasteiger partial charge in [-0.2, -0.15) is 0 Å². The fourth-order valence-electron chi connectivity index (χ4n) is 2.58. The van der Waals surface area contributed by atoms with Crippen molar-refractivity contribution in [2.75, 3.05) is 25.0 Å². The number of anilines is 1. The molecule has 1 aliphatic heterocycles. The van der Waals surface area contributed by atoms with Crippen LogP contribution in [0.15, 0.2) is 18.2 Å². The van der Waals surface area contributed by atoms with E-state index in [2.05, 4.69) is 5.32 Å². The summed E-state index contributed by atoms with van der Waals surface area (Å²) < 4.78 is 26.0. The van der Waals surface area contributed by atoms with E-state index in [1.807, 2.05) is 4.90 Å². The van der Waals surface area contributed by atoms with Crippen LogP contribution in [0, 0.1) is 17.6 Å². The molecule has 0 saturated carbocycles. The van der Waals surface area contributed by atoms with Crippen LogP contribution in [0.1, 0.15) is 19.8 Å². The maximum absolute atomic E-state index is 13.1. The van der Waals surface area contributed by atoms with Gasteiger partial charge < -0.3 is 10.4 Å². The highest BCUT2D eigenvalue weighted by atomic mass is 19.2. The van der Waals surface area contributed by atoms with Crippen LogP contribution in [0.4, 0.5) is 14.5 Å². The van der Waals surface area contributed by atoms with Crippen molar-refractivity contribution in [3.8, 4) is 0 Å². The number of benzene rings is 1. The number of hydrogen-bond acceptors (Lipinski definition) is 3. The predicted octanol–water partition coefficient (Wildman–Crippen LogP) is 2.00. The Morgan fingerprint density at radius 2 is 2.24 bits per heavy atom. The number of aliphatic hydroxyl groups is 1. The van der Waals surface area contributed by atoms with Crippen molar-refractivity contribution < 1.29 is 18.7 Å². The summed E-state index contributed by atoms with van der Waals surface area (Å²) >= 11 is 0. The van der Waals surface area contributed by atoms with Gasteiger partial charge in [-0.3, -0.25) is 9.69 Å². The summed E-state index contributed by atoms with van der Waals surface area (Å²) in [7, 11) is 0. The first-order chi connectivity index (χ1) is 10.0. The molecule has 2 rings (SSSR count). The maximum atomic E-state index is 13.1. The highest BCUT2D eigenvalue weighted by Crippen LogP contribution is 2.19. The van der Waals surface area contributed by atoms with Crippen LogP contribution in [0.25, 0.3) is 0 Å². The van der Waals surface area contributed by atoms with Crippen molar-refractivity contribution in [3.63, 3.8) is 0 Å². The Labute approximate surface area is 122 Å². The highest BCUT2D eigenvalue weighted by molar-refractivity contribution is 5.94. The molecule has 6 heteroatoms. The monoisotopic (exact) mass is 298 g/mol. The van der Waals surface area contributed by atoms with Crippen LogP contribution >= 0.6 is 0 Å². The lowest BCUT2D eigenvalue weighted by atomic mass is 9.97. The van der Waals surface area contributed by atoms with Crippen LogP contribution in [0.2, 0.25) is 0 Å². The molecular formula is C15H20F2N2O2. The normalized spacial score (nSPS) is 21.0. The lowest BCUT2D eigenvalue weighted by Gasteiger charge is -2.35. The van der Waals surface area contributed by atoms with E-state index in [9.17, 15) is 18.7 Å². The largest absolute Gasteiger partial charge is 0.396 e. The van der Waals surface area contributed by atoms with Gasteiger partial charge in [0.25, 0.3) is 0 Å². The third-order valence-electron chi connectivity index (χ3n) is 3.92. The van der Waals surface area contributed by atoms with E-state index < -0.39 is 11.6 Å². The minimum atomic E-state index is -0.987. The van der Waals surface area contributed by atoms with E-state index in [-0.39, 0.29) is 30.2 Å². The fourth-order valence-corrected chi connectivity index (χ4v) is 2.58. The third-order valence-corrected chi connectivity index (χ3v) is 3.92. The topological polar surface area (TPSA) is 52.6 Å². The molecule has 116 valence electrons. The molecule has 4 nitrogen and oxygen atoms in total. The van der Waals surface area contributed by atoms with E-state index in [1.165, 1.54) is 6.07 Å². The molecule has 1 heterocycles. The van der Waals surface area contributed by atoms with Gasteiger partial charge in [-0.15, -0.1) is 0 Å². The molecule has 0 aromatic heterocycles. The Bertz CT molecular complexity index is 510. The van der Waals surface area contributed by atoms with Crippen molar-refractivity contribution in [2.24, 2.45) is 5.92 Å². The molecule has 1 aromatic rings. The van der Waals surface area contributed by atoms with Gasteiger partial charge in [0, 0.05) is 24.9 Å². The van der Waals surface area contributed by atoms with E-state index in [1.54, 1.807) is 6.92 Å². The second-order valence-corrected chi connectivity index (χ2v) is 5.48. The third kappa shape index (κ3) is 3.98. The van der Waals surface area contributed by atoms with Crippen molar-refractivity contribution in [1.82, 2.24) is 4.90 Å². The molecule has 0 spiro atoms. The lowest BCUT2D eigenvalue weighted by molar-refractivity contribution is -0.121. The van der Waals surface area contributed by atoms with Crippen molar-refractivity contribution in [1.29, 1.82) is 0 Å². The number of rotatable bonds is 4. The number of nitrogens with one attached hydrogen (secondary N) is 1. The van der Waals surface area contributed by atoms with Gasteiger partial charge in [0.15, 0.2) is 11.6 Å². The standard InChI is InChI=1S/C15H20F2N2O2/c1-10(19-6-2-3-11(8-19)9-20)15(21)18-12-4-5-13(16)14(17)7-12/h4-5,7,10-11,20H,2-3,6,8-9H2,1H3,(H,18,21). The van der Waals surface area contributed by atoms with Crippen molar-refractivity contribution in [2.45, 2.75) is 25.8 Å². The van der Waals surface area contributed by atoms with Crippen LogP contribution in [0.5, 0.6) is 0 Å². The highest BCUT2D eigenvalue weighted by Gasteiger charge is 2.27. The first-order valence-electron chi connectivity index (χ1n) is 7.12. The summed E-state index contributed by atoms with van der Waals surface area (Å²) in [6.45, 7) is 3.36. The Hall–Kier alpha value is -1.53. The molecule has 2 unspecified atom stereocenters. The minimum absolute atomic E-state index is 0.119. The summed E-state index contributed by atoms with van der Waals surface area (Å²) in [6, 6.07) is 2.90. The maximum Gasteiger partial charge on any atom is 0.241 e. The Morgan fingerprint density at radius 1 is 1.48 bits per heavy atom. The fraction of sp³-hybridized carbons (Fsp3) is 0.533. The SMILES string of the molecule is CC(C(=O)Nc1ccc(F)c(F)c1)N1CCCC(CO)C1. The van der Waals surface area contributed by atoms with Crippen molar-refractivity contribution >= 4 is 11.6 Å². The molecule has 21 heavy (non-hydrogen) atoms. The molecule has 2 N–H and O–H groups in total. The predicted molar refractivity (Wildman–Crippen MR) is 75.8 cm³/mol. The van der Waals surface area contributed by atoms with Crippen LogP contribution in [-0.2, 0) is 4.79 Å². The van der Waals surface area contributed by atoms with Gasteiger partial charge in [0.2, 0.25) is 5.91 Å². The zero-order valence-corrected chi connectivity index (χ0v) is 12.0. The van der Waals surface area contributed by atoms with Crippen LogP contribution in [-0.4, -0.2) is 41.7 Å². The molecule has 1 aliphatic rings. The zero-order chi connectivity index (χ0) is 15.4. The molecule has 1 saturated heterocycles. The number of piperidine rings is 1. The van der Waals surface area contributed by atoms with Gasteiger partial charge in [0.05, 0.1) is 6.04 Å². The van der Waals surface area contributed by atoms with E-state index >= 15 is 0 Å². The average molecular weight is 298 g/mol. The summed E-state index contributed by atoms with van der Waals surface area (Å²) in [5.41, 5.74) is 0.237. The number of amides is 1. The Morgan fingerprint density at radius 3 is 2.90 bits per heavy atom. The number of hydrogen-bond donors (Lipinski definition) is 2. The second-order valence-electron chi connectivity index (χ2n) is 5.48. The lowest BCUT2D eigenvalue weighted by Crippen LogP contribution is -2.47. The quantitative estimate of drug-likeness (QED) is 0.894. The van der Waals surface area contributed by atoms with Gasteiger partial charge in [-0.1, -0.05) is 0 Å². The molecule has 0 radical (unpaired) electrons. The van der Waals surface area contributed by atoms with Gasteiger partial charge in [-0.05, 0) is 44.4 Å². The first-order valence-corrected chi connectivity index (χ1v) is 7.12. The number of nitrogens with zero attached hydrogens (tertiary/aromatic N) is 1. The molecular weight excluding hydrogens is 278 g/mol. The summed E-state index contributed by atoms with van der Waals surface area (Å²) in [4.78, 5) is 14.2. The number of likely N-dealkylation sites (tertiary alicyclic amines) is 1. The van der Waals surface area contributed by atoms with E-state index in [0.717, 1.165) is 31.5 Å². The summed E-state index contributed by atoms with van der Waals surface area (Å²) in [6.07, 6.45) is 1.90. The smallest absolute Gasteiger partial charge is 0.241 e. The molecule has 1 fully saturated rings. The van der Waals surface area contributed by atoms with Gasteiger partial charge in [-0.25, -0.2) is 8.78 Å². The number of carbonyl (C=O) groups excluding carboxylic acids is 1. The van der Waals surface area contributed by atoms with E-state index in [4.69, 9.17) is 0 Å². The second kappa shape index (κ2) is 6.95. The summed E-state index contributed by atoms with van der Waals surface area (Å²) in [5.74, 6) is -2.00. The minimum Gasteiger partial charge on any atom is -0.396 e.